The standard InChI is InChI=1S/C7H8F3N3O/c8-7(9,10)14-5-1-2-13-4(3-11)6(5)12/h1-2H,3,11-12H2. The zero-order valence-corrected chi connectivity index (χ0v) is 7.01. The van der Waals surface area contributed by atoms with Crippen LogP contribution in [0.4, 0.5) is 18.9 Å². The molecular formula is C7H8F3N3O. The van der Waals surface area contributed by atoms with E-state index < -0.39 is 12.1 Å². The topological polar surface area (TPSA) is 74.2 Å². The molecule has 0 aliphatic carbocycles. The van der Waals surface area contributed by atoms with E-state index in [0.717, 1.165) is 12.3 Å². The number of nitrogens with zero attached hydrogens (tertiary/aromatic N) is 1. The summed E-state index contributed by atoms with van der Waals surface area (Å²) in [5, 5.41) is 0. The Balaban J connectivity index is 2.98. The molecule has 1 rings (SSSR count). The van der Waals surface area contributed by atoms with Crippen molar-refractivity contribution in [3.8, 4) is 5.75 Å². The van der Waals surface area contributed by atoms with Gasteiger partial charge in [-0.05, 0) is 0 Å². The summed E-state index contributed by atoms with van der Waals surface area (Å²) in [4.78, 5) is 3.69. The Morgan fingerprint density at radius 1 is 1.43 bits per heavy atom. The predicted molar refractivity (Wildman–Crippen MR) is 43.2 cm³/mol. The SMILES string of the molecule is NCc1nccc(OC(F)(F)F)c1N. The quantitative estimate of drug-likeness (QED) is 0.759. The highest BCUT2D eigenvalue weighted by Crippen LogP contribution is 2.29. The van der Waals surface area contributed by atoms with Crippen LogP contribution in [0.1, 0.15) is 5.69 Å². The lowest BCUT2D eigenvalue weighted by atomic mass is 10.3. The van der Waals surface area contributed by atoms with Crippen molar-refractivity contribution in [3.05, 3.63) is 18.0 Å². The average molecular weight is 207 g/mol. The molecule has 4 N–H and O–H groups in total. The molecule has 1 aromatic heterocycles. The van der Waals surface area contributed by atoms with Gasteiger partial charge in [0.05, 0.1) is 11.4 Å². The van der Waals surface area contributed by atoms with Gasteiger partial charge in [0.1, 0.15) is 0 Å². The molecule has 0 radical (unpaired) electrons. The van der Waals surface area contributed by atoms with Crippen LogP contribution in [0.3, 0.4) is 0 Å². The molecule has 0 saturated carbocycles. The number of aromatic nitrogens is 1. The molecule has 0 amide bonds. The van der Waals surface area contributed by atoms with Gasteiger partial charge in [-0.1, -0.05) is 0 Å². The number of nitrogen functional groups attached to an aromatic ring is 1. The summed E-state index contributed by atoms with van der Waals surface area (Å²) in [6.07, 6.45) is -3.61. The van der Waals surface area contributed by atoms with Gasteiger partial charge in [0.15, 0.2) is 5.75 Å². The minimum atomic E-state index is -4.76. The first-order chi connectivity index (χ1) is 6.44. The Morgan fingerprint density at radius 2 is 2.07 bits per heavy atom. The Morgan fingerprint density at radius 3 is 2.57 bits per heavy atom. The molecule has 0 fully saturated rings. The lowest BCUT2D eigenvalue weighted by molar-refractivity contribution is -0.274. The molecule has 78 valence electrons. The van der Waals surface area contributed by atoms with Crippen LogP contribution in [0.5, 0.6) is 5.75 Å². The van der Waals surface area contributed by atoms with Crippen LogP contribution in [0.15, 0.2) is 12.3 Å². The van der Waals surface area contributed by atoms with Crippen LogP contribution in [0.2, 0.25) is 0 Å². The molecule has 0 saturated heterocycles. The normalized spacial score (nSPS) is 11.4. The average Bonchev–Trinajstić information content (AvgIpc) is 2.06. The first-order valence-corrected chi connectivity index (χ1v) is 3.63. The molecule has 0 atom stereocenters. The Labute approximate surface area is 77.7 Å². The van der Waals surface area contributed by atoms with Gasteiger partial charge in [0.2, 0.25) is 0 Å². The highest BCUT2D eigenvalue weighted by Gasteiger charge is 2.32. The minimum absolute atomic E-state index is 0.0408. The molecule has 14 heavy (non-hydrogen) atoms. The van der Waals surface area contributed by atoms with Gasteiger partial charge in [-0.25, -0.2) is 0 Å². The van der Waals surface area contributed by atoms with Gasteiger partial charge >= 0.3 is 6.36 Å². The van der Waals surface area contributed by atoms with Crippen LogP contribution in [-0.4, -0.2) is 11.3 Å². The van der Waals surface area contributed by atoms with Crippen LogP contribution >= 0.6 is 0 Å². The highest BCUT2D eigenvalue weighted by atomic mass is 19.4. The van der Waals surface area contributed by atoms with E-state index >= 15 is 0 Å². The summed E-state index contributed by atoms with van der Waals surface area (Å²) in [5.74, 6) is -0.479. The molecule has 0 unspecified atom stereocenters. The van der Waals surface area contributed by atoms with Crippen LogP contribution in [0.25, 0.3) is 0 Å². The zero-order valence-electron chi connectivity index (χ0n) is 7.01. The Hall–Kier alpha value is -1.50. The molecule has 0 aliphatic heterocycles. The smallest absolute Gasteiger partial charge is 0.403 e. The molecular weight excluding hydrogens is 199 g/mol. The van der Waals surface area contributed by atoms with E-state index in [1.807, 2.05) is 0 Å². The first-order valence-electron chi connectivity index (χ1n) is 3.63. The Bertz CT molecular complexity index is 326. The maximum absolute atomic E-state index is 11.8. The predicted octanol–water partition coefficient (Wildman–Crippen LogP) is 1.02. The first kappa shape index (κ1) is 10.6. The monoisotopic (exact) mass is 207 g/mol. The van der Waals surface area contributed by atoms with Gasteiger partial charge in [-0.15, -0.1) is 13.2 Å². The van der Waals surface area contributed by atoms with Crippen LogP contribution < -0.4 is 16.2 Å². The molecule has 7 heteroatoms. The van der Waals surface area contributed by atoms with Crippen LogP contribution in [0, 0.1) is 0 Å². The van der Waals surface area contributed by atoms with E-state index in [1.165, 1.54) is 0 Å². The van der Waals surface area contributed by atoms with Gasteiger partial charge in [0, 0.05) is 18.8 Å². The second-order valence-electron chi connectivity index (χ2n) is 2.42. The summed E-state index contributed by atoms with van der Waals surface area (Å²) in [5.41, 5.74) is 10.5. The van der Waals surface area contributed by atoms with E-state index in [0.29, 0.717) is 0 Å². The third-order valence-electron chi connectivity index (χ3n) is 1.45. The van der Waals surface area contributed by atoms with Crippen molar-refractivity contribution in [2.24, 2.45) is 5.73 Å². The maximum atomic E-state index is 11.8. The number of pyridine rings is 1. The molecule has 0 aliphatic rings. The number of hydrogen-bond donors (Lipinski definition) is 2. The highest BCUT2D eigenvalue weighted by molar-refractivity contribution is 5.55. The van der Waals surface area contributed by atoms with Gasteiger partial charge in [-0.3, -0.25) is 4.98 Å². The Kier molecular flexibility index (Phi) is 2.80. The number of anilines is 1. The fraction of sp³-hybridized carbons (Fsp3) is 0.286. The molecule has 1 heterocycles. The van der Waals surface area contributed by atoms with E-state index in [2.05, 4.69) is 9.72 Å². The molecule has 0 spiro atoms. The molecule has 0 bridgehead atoms. The number of hydrogen-bond acceptors (Lipinski definition) is 4. The van der Waals surface area contributed by atoms with Crippen molar-refractivity contribution < 1.29 is 17.9 Å². The van der Waals surface area contributed by atoms with Crippen molar-refractivity contribution in [2.75, 3.05) is 5.73 Å². The zero-order chi connectivity index (χ0) is 10.8. The summed E-state index contributed by atoms with van der Waals surface area (Å²) in [6.45, 7) is -0.0408. The summed E-state index contributed by atoms with van der Waals surface area (Å²) in [6, 6.07) is 1.03. The third kappa shape index (κ3) is 2.49. The fourth-order valence-corrected chi connectivity index (χ4v) is 0.873. The van der Waals surface area contributed by atoms with Gasteiger partial charge < -0.3 is 16.2 Å². The van der Waals surface area contributed by atoms with Crippen molar-refractivity contribution in [2.45, 2.75) is 12.9 Å². The maximum Gasteiger partial charge on any atom is 0.573 e. The summed E-state index contributed by atoms with van der Waals surface area (Å²) >= 11 is 0. The molecule has 0 aromatic carbocycles. The second-order valence-corrected chi connectivity index (χ2v) is 2.42. The summed E-state index contributed by atoms with van der Waals surface area (Å²) in [7, 11) is 0. The van der Waals surface area contributed by atoms with Crippen molar-refractivity contribution >= 4 is 5.69 Å². The van der Waals surface area contributed by atoms with E-state index in [4.69, 9.17) is 11.5 Å². The van der Waals surface area contributed by atoms with E-state index in [-0.39, 0.29) is 17.9 Å². The minimum Gasteiger partial charge on any atom is -0.403 e. The number of rotatable bonds is 2. The number of nitrogens with two attached hydrogens (primary N) is 2. The lowest BCUT2D eigenvalue weighted by Gasteiger charge is -2.12. The number of ether oxygens (including phenoxy) is 1. The lowest BCUT2D eigenvalue weighted by Crippen LogP contribution is -2.19. The molecule has 4 nitrogen and oxygen atoms in total. The fourth-order valence-electron chi connectivity index (χ4n) is 0.873. The van der Waals surface area contributed by atoms with Crippen LogP contribution in [-0.2, 0) is 6.54 Å². The van der Waals surface area contributed by atoms with Crippen molar-refractivity contribution in [3.63, 3.8) is 0 Å². The summed E-state index contributed by atoms with van der Waals surface area (Å²) < 4.78 is 39.1. The number of halogens is 3. The van der Waals surface area contributed by atoms with Crippen molar-refractivity contribution in [1.29, 1.82) is 0 Å². The van der Waals surface area contributed by atoms with E-state index in [9.17, 15) is 13.2 Å². The molecule has 1 aromatic rings. The van der Waals surface area contributed by atoms with Gasteiger partial charge in [0.25, 0.3) is 0 Å². The van der Waals surface area contributed by atoms with Gasteiger partial charge in [-0.2, -0.15) is 0 Å². The largest absolute Gasteiger partial charge is 0.573 e. The number of alkyl halides is 3. The third-order valence-corrected chi connectivity index (χ3v) is 1.45. The van der Waals surface area contributed by atoms with Crippen molar-refractivity contribution in [1.82, 2.24) is 4.98 Å². The second kappa shape index (κ2) is 3.70. The van der Waals surface area contributed by atoms with E-state index in [1.54, 1.807) is 0 Å².